The maximum Gasteiger partial charge on any atom is 0.172 e. The van der Waals surface area contributed by atoms with E-state index in [1.807, 2.05) is 17.5 Å². The van der Waals surface area contributed by atoms with E-state index in [0.29, 0.717) is 30.8 Å². The van der Waals surface area contributed by atoms with Crippen molar-refractivity contribution in [3.05, 3.63) is 52.2 Å². The van der Waals surface area contributed by atoms with Crippen molar-refractivity contribution in [1.29, 1.82) is 0 Å². The van der Waals surface area contributed by atoms with E-state index in [2.05, 4.69) is 0 Å². The number of Topliss-reactive ketones (excluding diaryl/α,β-unsaturated/α-hetero) is 1. The summed E-state index contributed by atoms with van der Waals surface area (Å²) in [5.41, 5.74) is 0.625. The molecule has 0 N–H and O–H groups in total. The lowest BCUT2D eigenvalue weighted by molar-refractivity contribution is 0.0977. The highest BCUT2D eigenvalue weighted by Crippen LogP contribution is 2.14. The Bertz CT molecular complexity index is 529. The van der Waals surface area contributed by atoms with E-state index >= 15 is 0 Å². The molecule has 3 nitrogen and oxygen atoms in total. The molecule has 98 valence electrons. The first-order valence-corrected chi connectivity index (χ1v) is 6.92. The van der Waals surface area contributed by atoms with Crippen LogP contribution in [0.15, 0.2) is 41.8 Å². The number of ether oxygens (including phenoxy) is 1. The molecule has 1 heterocycles. The zero-order valence-corrected chi connectivity index (χ0v) is 11.2. The molecular weight excluding hydrogens is 260 g/mol. The van der Waals surface area contributed by atoms with Crippen LogP contribution in [-0.4, -0.2) is 18.7 Å². The standard InChI is InChI=1S/C15H14O3S/c16-11-12-5-7-13(8-6-12)18-9-1-3-14(17)15-4-2-10-19-15/h2,4-8,10-11H,1,3,9H2. The molecule has 0 amide bonds. The van der Waals surface area contributed by atoms with Crippen LogP contribution in [0, 0.1) is 0 Å². The molecule has 0 radical (unpaired) electrons. The van der Waals surface area contributed by atoms with Crippen LogP contribution in [-0.2, 0) is 0 Å². The third-order valence-electron chi connectivity index (χ3n) is 2.63. The molecule has 0 bridgehead atoms. The van der Waals surface area contributed by atoms with Gasteiger partial charge in [0.15, 0.2) is 5.78 Å². The van der Waals surface area contributed by atoms with Gasteiger partial charge in [-0.25, -0.2) is 0 Å². The molecule has 4 heteroatoms. The van der Waals surface area contributed by atoms with Crippen molar-refractivity contribution < 1.29 is 14.3 Å². The van der Waals surface area contributed by atoms with Crippen LogP contribution >= 0.6 is 11.3 Å². The number of thiophene rings is 1. The van der Waals surface area contributed by atoms with Gasteiger partial charge in [0.05, 0.1) is 11.5 Å². The predicted molar refractivity (Wildman–Crippen MR) is 75.2 cm³/mol. The molecule has 1 aromatic carbocycles. The molecule has 0 unspecified atom stereocenters. The van der Waals surface area contributed by atoms with E-state index in [9.17, 15) is 9.59 Å². The monoisotopic (exact) mass is 274 g/mol. The minimum absolute atomic E-state index is 0.162. The molecule has 0 saturated carbocycles. The highest BCUT2D eigenvalue weighted by molar-refractivity contribution is 7.12. The van der Waals surface area contributed by atoms with E-state index in [1.54, 1.807) is 24.3 Å². The number of aldehydes is 1. The molecule has 0 aliphatic heterocycles. The van der Waals surface area contributed by atoms with Crippen LogP contribution in [0.25, 0.3) is 0 Å². The lowest BCUT2D eigenvalue weighted by atomic mass is 10.2. The van der Waals surface area contributed by atoms with Crippen molar-refractivity contribution in [2.24, 2.45) is 0 Å². The van der Waals surface area contributed by atoms with E-state index < -0.39 is 0 Å². The Kier molecular flexibility index (Phi) is 4.86. The maximum absolute atomic E-state index is 11.7. The summed E-state index contributed by atoms with van der Waals surface area (Å²) in [4.78, 5) is 23.0. The first kappa shape index (κ1) is 13.5. The fraction of sp³-hybridized carbons (Fsp3) is 0.200. The first-order valence-electron chi connectivity index (χ1n) is 6.04. The predicted octanol–water partition coefficient (Wildman–Crippen LogP) is 3.60. The average Bonchev–Trinajstić information content (AvgIpc) is 2.98. The lowest BCUT2D eigenvalue weighted by Crippen LogP contribution is -2.02. The summed E-state index contributed by atoms with van der Waals surface area (Å²) in [6.45, 7) is 0.498. The van der Waals surface area contributed by atoms with Gasteiger partial charge in [-0.05, 0) is 42.1 Å². The number of hydrogen-bond acceptors (Lipinski definition) is 4. The second kappa shape index (κ2) is 6.85. The minimum Gasteiger partial charge on any atom is -0.494 e. The topological polar surface area (TPSA) is 43.4 Å². The smallest absolute Gasteiger partial charge is 0.172 e. The molecule has 0 fully saturated rings. The van der Waals surface area contributed by atoms with Crippen molar-refractivity contribution in [3.8, 4) is 5.75 Å². The summed E-state index contributed by atoms with van der Waals surface area (Å²) >= 11 is 1.47. The maximum atomic E-state index is 11.7. The lowest BCUT2D eigenvalue weighted by Gasteiger charge is -2.05. The number of carbonyl (C=O) groups excluding carboxylic acids is 2. The van der Waals surface area contributed by atoms with Crippen LogP contribution < -0.4 is 4.74 Å². The Morgan fingerprint density at radius 1 is 1.21 bits per heavy atom. The minimum atomic E-state index is 0.162. The van der Waals surface area contributed by atoms with Gasteiger partial charge >= 0.3 is 0 Å². The fourth-order valence-electron chi connectivity index (χ4n) is 1.63. The van der Waals surface area contributed by atoms with Crippen LogP contribution in [0.4, 0.5) is 0 Å². The number of carbonyl (C=O) groups is 2. The molecule has 2 aromatic rings. The molecule has 0 aliphatic rings. The summed E-state index contributed by atoms with van der Waals surface area (Å²) in [6.07, 6.45) is 1.97. The van der Waals surface area contributed by atoms with Gasteiger partial charge in [0, 0.05) is 12.0 Å². The third-order valence-corrected chi connectivity index (χ3v) is 3.54. The first-order chi connectivity index (χ1) is 9.29. The molecule has 2 rings (SSSR count). The Labute approximate surface area is 115 Å². The summed E-state index contributed by atoms with van der Waals surface area (Å²) in [5.74, 6) is 0.879. The summed E-state index contributed by atoms with van der Waals surface area (Å²) in [5, 5.41) is 1.90. The van der Waals surface area contributed by atoms with Gasteiger partial charge in [0.1, 0.15) is 12.0 Å². The molecule has 0 spiro atoms. The zero-order valence-electron chi connectivity index (χ0n) is 10.4. The number of hydrogen-bond donors (Lipinski definition) is 0. The zero-order chi connectivity index (χ0) is 13.5. The largest absolute Gasteiger partial charge is 0.494 e. The van der Waals surface area contributed by atoms with Gasteiger partial charge in [0.2, 0.25) is 0 Å². The van der Waals surface area contributed by atoms with E-state index in [0.717, 1.165) is 11.2 Å². The molecular formula is C15H14O3S. The second-order valence-corrected chi connectivity index (χ2v) is 4.99. The Balaban J connectivity index is 1.71. The molecule has 0 saturated heterocycles. The fourth-order valence-corrected chi connectivity index (χ4v) is 2.32. The third kappa shape index (κ3) is 4.03. The Morgan fingerprint density at radius 3 is 2.63 bits per heavy atom. The highest BCUT2D eigenvalue weighted by Gasteiger charge is 2.06. The van der Waals surface area contributed by atoms with Gasteiger partial charge in [0.25, 0.3) is 0 Å². The summed E-state index contributed by atoms with van der Waals surface area (Å²) in [7, 11) is 0. The number of ketones is 1. The van der Waals surface area contributed by atoms with Crippen LogP contribution in [0.1, 0.15) is 32.9 Å². The van der Waals surface area contributed by atoms with Gasteiger partial charge in [-0.2, -0.15) is 0 Å². The van der Waals surface area contributed by atoms with Gasteiger partial charge < -0.3 is 4.74 Å². The van der Waals surface area contributed by atoms with Crippen LogP contribution in [0.5, 0.6) is 5.75 Å². The SMILES string of the molecule is O=Cc1ccc(OCCCC(=O)c2cccs2)cc1. The van der Waals surface area contributed by atoms with Crippen molar-refractivity contribution in [3.63, 3.8) is 0 Å². The molecule has 1 aromatic heterocycles. The van der Waals surface area contributed by atoms with Gasteiger partial charge in [-0.15, -0.1) is 11.3 Å². The summed E-state index contributed by atoms with van der Waals surface area (Å²) < 4.78 is 5.51. The van der Waals surface area contributed by atoms with Gasteiger partial charge in [-0.3, -0.25) is 9.59 Å². The Hall–Kier alpha value is -1.94. The molecule has 0 aliphatic carbocycles. The number of rotatable bonds is 7. The average molecular weight is 274 g/mol. The number of benzene rings is 1. The van der Waals surface area contributed by atoms with Crippen LogP contribution in [0.2, 0.25) is 0 Å². The molecule has 19 heavy (non-hydrogen) atoms. The van der Waals surface area contributed by atoms with Crippen molar-refractivity contribution in [2.75, 3.05) is 6.61 Å². The van der Waals surface area contributed by atoms with Crippen molar-refractivity contribution in [2.45, 2.75) is 12.8 Å². The van der Waals surface area contributed by atoms with E-state index in [1.165, 1.54) is 11.3 Å². The summed E-state index contributed by atoms with van der Waals surface area (Å²) in [6, 6.07) is 10.6. The quantitative estimate of drug-likeness (QED) is 0.440. The molecule has 0 atom stereocenters. The normalized spacial score (nSPS) is 10.1. The Morgan fingerprint density at radius 2 is 2.00 bits per heavy atom. The van der Waals surface area contributed by atoms with Crippen molar-refractivity contribution in [1.82, 2.24) is 0 Å². The van der Waals surface area contributed by atoms with Crippen molar-refractivity contribution >= 4 is 23.4 Å². The van der Waals surface area contributed by atoms with Crippen LogP contribution in [0.3, 0.4) is 0 Å². The second-order valence-electron chi connectivity index (χ2n) is 4.04. The van der Waals surface area contributed by atoms with Gasteiger partial charge in [-0.1, -0.05) is 6.07 Å². The highest BCUT2D eigenvalue weighted by atomic mass is 32.1. The van der Waals surface area contributed by atoms with E-state index in [4.69, 9.17) is 4.74 Å². The van der Waals surface area contributed by atoms with E-state index in [-0.39, 0.29) is 5.78 Å².